The van der Waals surface area contributed by atoms with Crippen LogP contribution in [-0.4, -0.2) is 4.98 Å². The summed E-state index contributed by atoms with van der Waals surface area (Å²) in [5.41, 5.74) is 15.1. The first kappa shape index (κ1) is 12.1. The number of nitrogens with two attached hydrogens (primary N) is 2. The Morgan fingerprint density at radius 2 is 2.00 bits per heavy atom. The molecule has 88 valence electrons. The van der Waals surface area contributed by atoms with Gasteiger partial charge in [-0.25, -0.2) is 4.98 Å². The van der Waals surface area contributed by atoms with Crippen LogP contribution in [0.4, 0.5) is 5.82 Å². The molecule has 0 saturated heterocycles. The van der Waals surface area contributed by atoms with Crippen LogP contribution in [0.3, 0.4) is 0 Å². The van der Waals surface area contributed by atoms with E-state index in [1.807, 2.05) is 37.3 Å². The Hall–Kier alpha value is -1.39. The Morgan fingerprint density at radius 3 is 2.65 bits per heavy atom. The van der Waals surface area contributed by atoms with E-state index in [1.54, 1.807) is 6.20 Å². The smallest absolute Gasteiger partial charge is 0.128 e. The molecule has 2 rings (SSSR count). The average Bonchev–Trinajstić information content (AvgIpc) is 2.29. The third-order valence-corrected chi connectivity index (χ3v) is 3.27. The minimum absolute atomic E-state index is 0.239. The summed E-state index contributed by atoms with van der Waals surface area (Å²) >= 11 is 3.44. The summed E-state index contributed by atoms with van der Waals surface area (Å²) < 4.78 is 1.05. The first-order valence-electron chi connectivity index (χ1n) is 5.31. The number of anilines is 1. The molecule has 3 nitrogen and oxygen atoms in total. The molecule has 0 aliphatic heterocycles. The number of hydrogen-bond acceptors (Lipinski definition) is 3. The van der Waals surface area contributed by atoms with Crippen molar-refractivity contribution >= 4 is 21.7 Å². The summed E-state index contributed by atoms with van der Waals surface area (Å²) in [5.74, 6) is 0.488. The Bertz CT molecular complexity index is 540. The fourth-order valence-corrected chi connectivity index (χ4v) is 2.32. The second-order valence-electron chi connectivity index (χ2n) is 3.96. The van der Waals surface area contributed by atoms with E-state index in [1.165, 1.54) is 0 Å². The van der Waals surface area contributed by atoms with Gasteiger partial charge in [-0.3, -0.25) is 0 Å². The van der Waals surface area contributed by atoms with Crippen molar-refractivity contribution in [3.8, 4) is 0 Å². The number of nitrogens with zero attached hydrogens (tertiary/aromatic N) is 1. The van der Waals surface area contributed by atoms with Crippen molar-refractivity contribution in [3.63, 3.8) is 0 Å². The molecule has 17 heavy (non-hydrogen) atoms. The molecule has 0 spiro atoms. The lowest BCUT2D eigenvalue weighted by atomic mass is 9.96. The topological polar surface area (TPSA) is 64.9 Å². The van der Waals surface area contributed by atoms with Gasteiger partial charge in [-0.05, 0) is 36.2 Å². The highest BCUT2D eigenvalue weighted by molar-refractivity contribution is 9.10. The Labute approximate surface area is 109 Å². The number of rotatable bonds is 2. The highest BCUT2D eigenvalue weighted by Gasteiger charge is 2.14. The van der Waals surface area contributed by atoms with Gasteiger partial charge in [0, 0.05) is 16.2 Å². The Kier molecular flexibility index (Phi) is 3.45. The van der Waals surface area contributed by atoms with Crippen molar-refractivity contribution in [2.45, 2.75) is 13.0 Å². The minimum Gasteiger partial charge on any atom is -0.383 e. The molecule has 0 radical (unpaired) electrons. The van der Waals surface area contributed by atoms with Crippen LogP contribution in [0, 0.1) is 6.92 Å². The first-order chi connectivity index (χ1) is 8.09. The third-order valence-electron chi connectivity index (χ3n) is 2.77. The van der Waals surface area contributed by atoms with Crippen LogP contribution >= 0.6 is 15.9 Å². The Morgan fingerprint density at radius 1 is 1.24 bits per heavy atom. The van der Waals surface area contributed by atoms with Gasteiger partial charge in [0.05, 0.1) is 6.04 Å². The summed E-state index contributed by atoms with van der Waals surface area (Å²) in [7, 11) is 0. The summed E-state index contributed by atoms with van der Waals surface area (Å²) in [6.45, 7) is 2.03. The van der Waals surface area contributed by atoms with E-state index in [-0.39, 0.29) is 6.04 Å². The molecule has 1 unspecified atom stereocenters. The SMILES string of the molecule is Cc1cc(Br)ccc1C(N)c1cccnc1N. The third kappa shape index (κ3) is 2.48. The molecule has 4 N–H and O–H groups in total. The van der Waals surface area contributed by atoms with Gasteiger partial charge in [-0.2, -0.15) is 0 Å². The molecule has 1 heterocycles. The van der Waals surface area contributed by atoms with Gasteiger partial charge in [0.25, 0.3) is 0 Å². The van der Waals surface area contributed by atoms with Crippen molar-refractivity contribution < 1.29 is 0 Å². The van der Waals surface area contributed by atoms with E-state index in [0.29, 0.717) is 5.82 Å². The van der Waals surface area contributed by atoms with Crippen LogP contribution in [0.2, 0.25) is 0 Å². The fraction of sp³-hybridized carbons (Fsp3) is 0.154. The lowest BCUT2D eigenvalue weighted by Gasteiger charge is -2.16. The zero-order valence-electron chi connectivity index (χ0n) is 9.52. The monoisotopic (exact) mass is 291 g/mol. The van der Waals surface area contributed by atoms with E-state index >= 15 is 0 Å². The predicted molar refractivity (Wildman–Crippen MR) is 73.6 cm³/mol. The lowest BCUT2D eigenvalue weighted by Crippen LogP contribution is -2.15. The maximum atomic E-state index is 6.23. The maximum Gasteiger partial charge on any atom is 0.128 e. The number of hydrogen-bond donors (Lipinski definition) is 2. The number of nitrogen functional groups attached to an aromatic ring is 1. The molecule has 1 aromatic carbocycles. The van der Waals surface area contributed by atoms with Gasteiger partial charge in [-0.1, -0.05) is 28.1 Å². The molecule has 0 fully saturated rings. The summed E-state index contributed by atoms with van der Waals surface area (Å²) in [5, 5.41) is 0. The number of benzene rings is 1. The standard InChI is InChI=1S/C13H14BrN3/c1-8-7-9(14)4-5-10(8)12(15)11-3-2-6-17-13(11)16/h2-7,12H,15H2,1H3,(H2,16,17). The van der Waals surface area contributed by atoms with Crippen molar-refractivity contribution in [1.29, 1.82) is 0 Å². The van der Waals surface area contributed by atoms with Crippen molar-refractivity contribution in [3.05, 3.63) is 57.7 Å². The van der Waals surface area contributed by atoms with Crippen LogP contribution in [-0.2, 0) is 0 Å². The minimum atomic E-state index is -0.239. The molecule has 1 aromatic heterocycles. The van der Waals surface area contributed by atoms with Gasteiger partial charge >= 0.3 is 0 Å². The second kappa shape index (κ2) is 4.85. The highest BCUT2D eigenvalue weighted by atomic mass is 79.9. The van der Waals surface area contributed by atoms with Gasteiger partial charge in [0.1, 0.15) is 5.82 Å². The van der Waals surface area contributed by atoms with Crippen LogP contribution in [0.1, 0.15) is 22.7 Å². The summed E-state index contributed by atoms with van der Waals surface area (Å²) in [4.78, 5) is 4.06. The average molecular weight is 292 g/mol. The summed E-state index contributed by atoms with van der Waals surface area (Å²) in [6, 6.07) is 9.55. The molecule has 0 aliphatic carbocycles. The van der Waals surface area contributed by atoms with E-state index in [9.17, 15) is 0 Å². The van der Waals surface area contributed by atoms with Crippen LogP contribution in [0.5, 0.6) is 0 Å². The molecule has 0 bridgehead atoms. The molecular weight excluding hydrogens is 278 g/mol. The molecular formula is C13H14BrN3. The summed E-state index contributed by atoms with van der Waals surface area (Å²) in [6.07, 6.45) is 1.67. The maximum absolute atomic E-state index is 6.23. The molecule has 2 aromatic rings. The van der Waals surface area contributed by atoms with E-state index in [4.69, 9.17) is 11.5 Å². The molecule has 0 amide bonds. The Balaban J connectivity index is 2.44. The van der Waals surface area contributed by atoms with E-state index < -0.39 is 0 Å². The van der Waals surface area contributed by atoms with E-state index in [0.717, 1.165) is 21.2 Å². The second-order valence-corrected chi connectivity index (χ2v) is 4.87. The normalized spacial score (nSPS) is 12.4. The molecule has 0 aliphatic rings. The van der Waals surface area contributed by atoms with Crippen LogP contribution in [0.25, 0.3) is 0 Å². The lowest BCUT2D eigenvalue weighted by molar-refractivity contribution is 0.858. The highest BCUT2D eigenvalue weighted by Crippen LogP contribution is 2.27. The quantitative estimate of drug-likeness (QED) is 0.894. The van der Waals surface area contributed by atoms with Gasteiger partial charge in [0.15, 0.2) is 0 Å². The van der Waals surface area contributed by atoms with Crippen molar-refractivity contribution in [2.24, 2.45) is 5.73 Å². The zero-order chi connectivity index (χ0) is 12.4. The van der Waals surface area contributed by atoms with Crippen LogP contribution < -0.4 is 11.5 Å². The number of aryl methyl sites for hydroxylation is 1. The number of aromatic nitrogens is 1. The van der Waals surface area contributed by atoms with Crippen molar-refractivity contribution in [2.75, 3.05) is 5.73 Å². The van der Waals surface area contributed by atoms with Crippen LogP contribution in [0.15, 0.2) is 41.0 Å². The predicted octanol–water partition coefficient (Wildman–Crippen LogP) is 2.78. The zero-order valence-corrected chi connectivity index (χ0v) is 11.1. The number of halogens is 1. The van der Waals surface area contributed by atoms with Gasteiger partial charge in [0.2, 0.25) is 0 Å². The van der Waals surface area contributed by atoms with Gasteiger partial charge in [-0.15, -0.1) is 0 Å². The molecule has 4 heteroatoms. The molecule has 0 saturated carbocycles. The van der Waals surface area contributed by atoms with Crippen molar-refractivity contribution in [1.82, 2.24) is 4.98 Å². The van der Waals surface area contributed by atoms with E-state index in [2.05, 4.69) is 20.9 Å². The largest absolute Gasteiger partial charge is 0.383 e. The van der Waals surface area contributed by atoms with Gasteiger partial charge < -0.3 is 11.5 Å². The number of pyridine rings is 1. The molecule has 1 atom stereocenters. The fourth-order valence-electron chi connectivity index (χ4n) is 1.85. The first-order valence-corrected chi connectivity index (χ1v) is 6.11.